The van der Waals surface area contributed by atoms with Gasteiger partial charge in [-0.25, -0.2) is 9.97 Å². The number of rotatable bonds is 6. The van der Waals surface area contributed by atoms with E-state index in [1.54, 1.807) is 0 Å². The summed E-state index contributed by atoms with van der Waals surface area (Å²) < 4.78 is 2.29. The summed E-state index contributed by atoms with van der Waals surface area (Å²) in [6.45, 7) is 0. The summed E-state index contributed by atoms with van der Waals surface area (Å²) in [6, 6.07) is 76.3. The van der Waals surface area contributed by atoms with E-state index < -0.39 is 5.41 Å². The summed E-state index contributed by atoms with van der Waals surface area (Å²) in [6.07, 6.45) is 0. The van der Waals surface area contributed by atoms with Crippen LogP contribution in [0.2, 0.25) is 0 Å². The molecule has 11 rings (SSSR count). The molecule has 8 aromatic carbocycles. The second-order valence-electron chi connectivity index (χ2n) is 14.5. The molecule has 56 heavy (non-hydrogen) atoms. The van der Waals surface area contributed by atoms with Crippen molar-refractivity contribution in [3.05, 3.63) is 235 Å². The highest BCUT2D eigenvalue weighted by Crippen LogP contribution is 2.57. The van der Waals surface area contributed by atoms with E-state index in [-0.39, 0.29) is 0 Å². The maximum Gasteiger partial charge on any atom is 0.235 e. The normalized spacial score (nSPS) is 12.8. The van der Waals surface area contributed by atoms with E-state index in [4.69, 9.17) is 9.97 Å². The van der Waals surface area contributed by atoms with Crippen LogP contribution in [0.4, 0.5) is 0 Å². The Hall–Kier alpha value is -7.36. The maximum atomic E-state index is 5.39. The van der Waals surface area contributed by atoms with Crippen LogP contribution in [0.25, 0.3) is 72.5 Å². The molecule has 2 heterocycles. The van der Waals surface area contributed by atoms with Crippen molar-refractivity contribution < 1.29 is 0 Å². The van der Waals surface area contributed by atoms with Crippen molar-refractivity contribution in [3.8, 4) is 50.7 Å². The highest BCUT2D eigenvalue weighted by molar-refractivity contribution is 6.13. The van der Waals surface area contributed by atoms with Crippen LogP contribution in [-0.4, -0.2) is 14.5 Å². The highest BCUT2D eigenvalue weighted by Gasteiger charge is 2.46. The Morgan fingerprint density at radius 3 is 1.43 bits per heavy atom. The molecule has 0 spiro atoms. The fourth-order valence-electron chi connectivity index (χ4n) is 9.03. The summed E-state index contributed by atoms with van der Waals surface area (Å²) in [7, 11) is 0. The van der Waals surface area contributed by atoms with E-state index in [1.165, 1.54) is 49.9 Å². The lowest BCUT2D eigenvalue weighted by Crippen LogP contribution is -2.28. The van der Waals surface area contributed by atoms with Crippen molar-refractivity contribution in [2.45, 2.75) is 5.41 Å². The summed E-state index contributed by atoms with van der Waals surface area (Å²) in [5.74, 6) is 0.637. The van der Waals surface area contributed by atoms with Gasteiger partial charge < -0.3 is 0 Å². The SMILES string of the molecule is c1ccc(-c2ccc3c(c2)c2cc4c(cc2n3-c2nc(-c3ccccc3)cc(-c3ccccc3)n2)C(c2ccccc2)(c2ccccc2)c2ccccc2-4)cc1. The first kappa shape index (κ1) is 32.1. The molecule has 0 saturated heterocycles. The Balaban J connectivity index is 1.28. The van der Waals surface area contributed by atoms with Gasteiger partial charge in [-0.1, -0.05) is 182 Å². The Kier molecular flexibility index (Phi) is 7.39. The molecule has 10 aromatic rings. The zero-order chi connectivity index (χ0) is 37.1. The first-order chi connectivity index (χ1) is 27.8. The van der Waals surface area contributed by atoms with E-state index in [0.717, 1.165) is 38.9 Å². The summed E-state index contributed by atoms with van der Waals surface area (Å²) in [5.41, 5.74) is 15.3. The number of benzene rings is 8. The minimum atomic E-state index is -0.541. The van der Waals surface area contributed by atoms with Crippen LogP contribution in [0.3, 0.4) is 0 Å². The molecule has 0 atom stereocenters. The minimum Gasteiger partial charge on any atom is -0.278 e. The molecule has 0 radical (unpaired) electrons. The quantitative estimate of drug-likeness (QED) is 0.172. The molecule has 0 unspecified atom stereocenters. The molecule has 0 bridgehead atoms. The number of hydrogen-bond acceptors (Lipinski definition) is 2. The van der Waals surface area contributed by atoms with Gasteiger partial charge in [0.25, 0.3) is 0 Å². The van der Waals surface area contributed by atoms with Crippen molar-refractivity contribution >= 4 is 21.8 Å². The topological polar surface area (TPSA) is 30.7 Å². The predicted octanol–water partition coefficient (Wildman–Crippen LogP) is 12.9. The second-order valence-corrected chi connectivity index (χ2v) is 14.5. The molecule has 0 N–H and O–H groups in total. The molecule has 1 aliphatic carbocycles. The lowest BCUT2D eigenvalue weighted by atomic mass is 9.67. The van der Waals surface area contributed by atoms with E-state index in [1.807, 2.05) is 12.1 Å². The molecule has 262 valence electrons. The number of nitrogens with zero attached hydrogens (tertiary/aromatic N) is 3. The molecule has 0 saturated carbocycles. The van der Waals surface area contributed by atoms with Gasteiger partial charge >= 0.3 is 0 Å². The van der Waals surface area contributed by atoms with Gasteiger partial charge in [0, 0.05) is 21.9 Å². The number of fused-ring (bicyclic) bond motifs is 6. The molecular formula is C53H35N3. The Morgan fingerprint density at radius 2 is 0.839 bits per heavy atom. The van der Waals surface area contributed by atoms with Crippen molar-refractivity contribution in [3.63, 3.8) is 0 Å². The van der Waals surface area contributed by atoms with Gasteiger partial charge in [-0.15, -0.1) is 0 Å². The summed E-state index contributed by atoms with van der Waals surface area (Å²) >= 11 is 0. The van der Waals surface area contributed by atoms with Crippen molar-refractivity contribution in [2.24, 2.45) is 0 Å². The van der Waals surface area contributed by atoms with Crippen molar-refractivity contribution in [1.82, 2.24) is 14.5 Å². The number of hydrogen-bond donors (Lipinski definition) is 0. The van der Waals surface area contributed by atoms with Crippen LogP contribution in [0.1, 0.15) is 22.3 Å². The predicted molar refractivity (Wildman–Crippen MR) is 230 cm³/mol. The fourth-order valence-corrected chi connectivity index (χ4v) is 9.03. The third kappa shape index (κ3) is 4.91. The Morgan fingerprint density at radius 1 is 0.339 bits per heavy atom. The van der Waals surface area contributed by atoms with Gasteiger partial charge in [-0.2, -0.15) is 0 Å². The molecular weight excluding hydrogens is 679 g/mol. The standard InChI is InChI=1S/C53H35N3/c1-6-18-36(19-7-1)39-30-31-50-44(32-39)45-33-43-42-28-16-17-29-46(42)53(40-24-12-4-13-25-40,41-26-14-5-15-27-41)47(43)34-51(45)56(50)52-54-48(37-20-8-2-9-21-37)35-49(55-52)38-22-10-3-11-23-38/h1-35H. The lowest BCUT2D eigenvalue weighted by molar-refractivity contribution is 0.769. The molecule has 0 fully saturated rings. The van der Waals surface area contributed by atoms with E-state index in [9.17, 15) is 0 Å². The average molecular weight is 714 g/mol. The second kappa shape index (κ2) is 12.9. The monoisotopic (exact) mass is 713 g/mol. The van der Waals surface area contributed by atoms with Crippen LogP contribution in [-0.2, 0) is 5.41 Å². The molecule has 0 aliphatic heterocycles. The van der Waals surface area contributed by atoms with Crippen LogP contribution in [0.5, 0.6) is 0 Å². The maximum absolute atomic E-state index is 5.39. The van der Waals surface area contributed by atoms with E-state index in [0.29, 0.717) is 5.95 Å². The molecule has 2 aromatic heterocycles. The highest BCUT2D eigenvalue weighted by atomic mass is 15.2. The van der Waals surface area contributed by atoms with Gasteiger partial charge in [0.1, 0.15) is 0 Å². The third-order valence-corrected chi connectivity index (χ3v) is 11.5. The lowest BCUT2D eigenvalue weighted by Gasteiger charge is -2.34. The van der Waals surface area contributed by atoms with Crippen LogP contribution < -0.4 is 0 Å². The number of aromatic nitrogens is 3. The molecule has 3 nitrogen and oxygen atoms in total. The average Bonchev–Trinajstić information content (AvgIpc) is 3.76. The van der Waals surface area contributed by atoms with Gasteiger partial charge in [-0.05, 0) is 74.8 Å². The molecule has 1 aliphatic rings. The van der Waals surface area contributed by atoms with E-state index >= 15 is 0 Å². The summed E-state index contributed by atoms with van der Waals surface area (Å²) in [5, 5.41) is 2.33. The fraction of sp³-hybridized carbons (Fsp3) is 0.0189. The Bertz CT molecular complexity index is 2950. The van der Waals surface area contributed by atoms with Gasteiger partial charge in [-0.3, -0.25) is 4.57 Å². The Labute approximate surface area is 325 Å². The van der Waals surface area contributed by atoms with Crippen molar-refractivity contribution in [1.29, 1.82) is 0 Å². The first-order valence-corrected chi connectivity index (χ1v) is 19.2. The van der Waals surface area contributed by atoms with Gasteiger partial charge in [0.2, 0.25) is 5.95 Å². The first-order valence-electron chi connectivity index (χ1n) is 19.2. The van der Waals surface area contributed by atoms with Crippen LogP contribution >= 0.6 is 0 Å². The van der Waals surface area contributed by atoms with Crippen LogP contribution in [0.15, 0.2) is 212 Å². The molecule has 0 amide bonds. The van der Waals surface area contributed by atoms with Gasteiger partial charge in [0.05, 0.1) is 27.8 Å². The van der Waals surface area contributed by atoms with Crippen molar-refractivity contribution in [2.75, 3.05) is 0 Å². The minimum absolute atomic E-state index is 0.541. The van der Waals surface area contributed by atoms with E-state index in [2.05, 4.69) is 205 Å². The molecule has 3 heteroatoms. The zero-order valence-electron chi connectivity index (χ0n) is 30.5. The third-order valence-electron chi connectivity index (χ3n) is 11.5. The largest absolute Gasteiger partial charge is 0.278 e. The zero-order valence-corrected chi connectivity index (χ0v) is 30.5. The smallest absolute Gasteiger partial charge is 0.235 e. The summed E-state index contributed by atoms with van der Waals surface area (Å²) in [4.78, 5) is 10.8. The van der Waals surface area contributed by atoms with Crippen LogP contribution in [0, 0.1) is 0 Å². The van der Waals surface area contributed by atoms with Gasteiger partial charge in [0.15, 0.2) is 0 Å².